The highest BCUT2D eigenvalue weighted by Crippen LogP contribution is 2.26. The van der Waals surface area contributed by atoms with E-state index in [2.05, 4.69) is 16.3 Å². The quantitative estimate of drug-likeness (QED) is 0.768. The van der Waals surface area contributed by atoms with Crippen LogP contribution in [-0.2, 0) is 4.79 Å². The first kappa shape index (κ1) is 17.8. The van der Waals surface area contributed by atoms with E-state index in [1.165, 1.54) is 4.90 Å². The standard InChI is InChI=1S/C20H22N4O2/c1-15(20(26)22-17-6-4-5-16(13-17)14-21)23-9-11-24(12-10-23)18-7-2-3-8-19(18)25/h2-8,13,15,25H,9-12H2,1H3,(H,22,26)/p+1/t15-/m1/s1. The zero-order chi connectivity index (χ0) is 18.5. The van der Waals surface area contributed by atoms with Gasteiger partial charge in [-0.05, 0) is 37.3 Å². The maximum atomic E-state index is 12.5. The van der Waals surface area contributed by atoms with E-state index in [-0.39, 0.29) is 11.9 Å². The number of anilines is 2. The minimum Gasteiger partial charge on any atom is -0.506 e. The summed E-state index contributed by atoms with van der Waals surface area (Å²) in [4.78, 5) is 15.9. The predicted molar refractivity (Wildman–Crippen MR) is 100 cm³/mol. The summed E-state index contributed by atoms with van der Waals surface area (Å²) in [7, 11) is 0. The van der Waals surface area contributed by atoms with Crippen molar-refractivity contribution in [3.8, 4) is 11.8 Å². The molecule has 1 atom stereocenters. The van der Waals surface area contributed by atoms with Crippen LogP contribution in [0.5, 0.6) is 5.75 Å². The highest BCUT2D eigenvalue weighted by molar-refractivity contribution is 5.93. The zero-order valence-corrected chi connectivity index (χ0v) is 14.8. The summed E-state index contributed by atoms with van der Waals surface area (Å²) in [5.74, 6) is 0.241. The van der Waals surface area contributed by atoms with E-state index < -0.39 is 0 Å². The molecule has 0 radical (unpaired) electrons. The van der Waals surface area contributed by atoms with E-state index >= 15 is 0 Å². The van der Waals surface area contributed by atoms with Gasteiger partial charge in [-0.2, -0.15) is 5.26 Å². The summed E-state index contributed by atoms with van der Waals surface area (Å²) in [6.07, 6.45) is 0. The molecule has 134 valence electrons. The molecule has 0 spiro atoms. The molecule has 1 fully saturated rings. The van der Waals surface area contributed by atoms with Crippen LogP contribution in [-0.4, -0.2) is 43.2 Å². The first-order chi connectivity index (χ1) is 12.6. The lowest BCUT2D eigenvalue weighted by Gasteiger charge is -2.36. The second kappa shape index (κ2) is 7.89. The molecule has 0 aliphatic carbocycles. The summed E-state index contributed by atoms with van der Waals surface area (Å²) in [6.45, 7) is 5.14. The smallest absolute Gasteiger partial charge is 0.282 e. The van der Waals surface area contributed by atoms with Crippen molar-refractivity contribution in [3.63, 3.8) is 0 Å². The maximum absolute atomic E-state index is 12.5. The molecule has 3 rings (SSSR count). The molecule has 6 nitrogen and oxygen atoms in total. The van der Waals surface area contributed by atoms with Gasteiger partial charge in [-0.1, -0.05) is 18.2 Å². The van der Waals surface area contributed by atoms with Crippen LogP contribution in [0.25, 0.3) is 0 Å². The Morgan fingerprint density at radius 1 is 1.23 bits per heavy atom. The van der Waals surface area contributed by atoms with Crippen molar-refractivity contribution in [2.75, 3.05) is 36.4 Å². The van der Waals surface area contributed by atoms with E-state index in [9.17, 15) is 9.90 Å². The lowest BCUT2D eigenvalue weighted by atomic mass is 10.1. The topological polar surface area (TPSA) is 80.8 Å². The van der Waals surface area contributed by atoms with Crippen LogP contribution in [0.4, 0.5) is 11.4 Å². The minimum absolute atomic E-state index is 0.0499. The van der Waals surface area contributed by atoms with Gasteiger partial charge >= 0.3 is 0 Å². The molecule has 3 N–H and O–H groups in total. The van der Waals surface area contributed by atoms with E-state index in [1.54, 1.807) is 30.3 Å². The first-order valence-electron chi connectivity index (χ1n) is 8.77. The number of phenolic OH excluding ortho intramolecular Hbond substituents is 1. The van der Waals surface area contributed by atoms with Crippen LogP contribution in [0, 0.1) is 11.3 Å². The van der Waals surface area contributed by atoms with Crippen molar-refractivity contribution in [2.45, 2.75) is 13.0 Å². The molecule has 1 aliphatic rings. The van der Waals surface area contributed by atoms with Crippen LogP contribution in [0.3, 0.4) is 0 Å². The van der Waals surface area contributed by atoms with Gasteiger partial charge in [0.2, 0.25) is 0 Å². The van der Waals surface area contributed by atoms with Gasteiger partial charge in [-0.15, -0.1) is 0 Å². The molecule has 1 saturated heterocycles. The van der Waals surface area contributed by atoms with Crippen LogP contribution in [0.2, 0.25) is 0 Å². The number of benzene rings is 2. The van der Waals surface area contributed by atoms with Crippen molar-refractivity contribution in [2.24, 2.45) is 0 Å². The number of amides is 1. The molecule has 0 aromatic heterocycles. The minimum atomic E-state index is -0.188. The lowest BCUT2D eigenvalue weighted by Crippen LogP contribution is -3.19. The SMILES string of the molecule is C[C@H](C(=O)Nc1cccc(C#N)c1)[NH+]1CCN(c2ccccc2O)CC1. The third-order valence-electron chi connectivity index (χ3n) is 4.89. The monoisotopic (exact) mass is 351 g/mol. The van der Waals surface area contributed by atoms with Crippen molar-refractivity contribution in [1.29, 1.82) is 5.26 Å². The second-order valence-electron chi connectivity index (χ2n) is 6.54. The van der Waals surface area contributed by atoms with Gasteiger partial charge in [0, 0.05) is 5.69 Å². The van der Waals surface area contributed by atoms with Crippen LogP contribution < -0.4 is 15.1 Å². The highest BCUT2D eigenvalue weighted by Gasteiger charge is 2.29. The van der Waals surface area contributed by atoms with Crippen molar-refractivity contribution >= 4 is 17.3 Å². The molecule has 2 aromatic rings. The third-order valence-corrected chi connectivity index (χ3v) is 4.89. The van der Waals surface area contributed by atoms with E-state index in [0.29, 0.717) is 17.0 Å². The average Bonchev–Trinajstić information content (AvgIpc) is 2.68. The molecule has 1 heterocycles. The first-order valence-corrected chi connectivity index (χ1v) is 8.77. The van der Waals surface area contributed by atoms with Crippen LogP contribution in [0.15, 0.2) is 48.5 Å². The summed E-state index contributed by atoms with van der Waals surface area (Å²) in [6, 6.07) is 16.2. The Labute approximate surface area is 153 Å². The molecular formula is C20H23N4O2+. The number of carbonyl (C=O) groups excluding carboxylic acids is 1. The number of nitrogens with one attached hydrogen (secondary N) is 2. The molecule has 2 aromatic carbocycles. The van der Waals surface area contributed by atoms with Gasteiger partial charge in [0.25, 0.3) is 5.91 Å². The molecule has 0 unspecified atom stereocenters. The van der Waals surface area contributed by atoms with Crippen molar-refractivity contribution < 1.29 is 14.8 Å². The van der Waals surface area contributed by atoms with Gasteiger partial charge < -0.3 is 20.2 Å². The van der Waals surface area contributed by atoms with E-state index in [1.807, 2.05) is 25.1 Å². The normalized spacial score (nSPS) is 15.9. The number of quaternary nitrogens is 1. The zero-order valence-electron chi connectivity index (χ0n) is 14.8. The number of carbonyl (C=O) groups is 1. The molecule has 1 aliphatic heterocycles. The summed E-state index contributed by atoms with van der Waals surface area (Å²) < 4.78 is 0. The van der Waals surface area contributed by atoms with Gasteiger partial charge in [0.05, 0.1) is 43.5 Å². The Morgan fingerprint density at radius 3 is 2.65 bits per heavy atom. The second-order valence-corrected chi connectivity index (χ2v) is 6.54. The Morgan fingerprint density at radius 2 is 1.96 bits per heavy atom. The number of rotatable bonds is 4. The maximum Gasteiger partial charge on any atom is 0.282 e. The Balaban J connectivity index is 1.57. The summed E-state index contributed by atoms with van der Waals surface area (Å²) >= 11 is 0. The van der Waals surface area contributed by atoms with Gasteiger partial charge in [0.15, 0.2) is 6.04 Å². The molecule has 1 amide bonds. The summed E-state index contributed by atoms with van der Waals surface area (Å²) in [5.41, 5.74) is 2.02. The number of piperazine rings is 1. The highest BCUT2D eigenvalue weighted by atomic mass is 16.3. The number of hydrogen-bond donors (Lipinski definition) is 3. The fourth-order valence-electron chi connectivity index (χ4n) is 3.30. The van der Waals surface area contributed by atoms with Crippen LogP contribution >= 0.6 is 0 Å². The number of nitrogens with zero attached hydrogens (tertiary/aromatic N) is 2. The number of phenols is 1. The number of hydrogen-bond acceptors (Lipinski definition) is 4. The van der Waals surface area contributed by atoms with E-state index in [4.69, 9.17) is 5.26 Å². The molecule has 26 heavy (non-hydrogen) atoms. The van der Waals surface area contributed by atoms with Crippen molar-refractivity contribution in [3.05, 3.63) is 54.1 Å². The number of nitriles is 1. The Hall–Kier alpha value is -3.04. The lowest BCUT2D eigenvalue weighted by molar-refractivity contribution is -0.914. The number of para-hydroxylation sites is 2. The molecule has 0 saturated carbocycles. The fourth-order valence-corrected chi connectivity index (χ4v) is 3.30. The fraction of sp³-hybridized carbons (Fsp3) is 0.300. The summed E-state index contributed by atoms with van der Waals surface area (Å²) in [5, 5.41) is 21.9. The molecule has 0 bridgehead atoms. The number of aromatic hydroxyl groups is 1. The molecular weight excluding hydrogens is 328 g/mol. The van der Waals surface area contributed by atoms with Gasteiger partial charge in [-0.25, -0.2) is 0 Å². The van der Waals surface area contributed by atoms with Crippen molar-refractivity contribution in [1.82, 2.24) is 0 Å². The Bertz CT molecular complexity index is 823. The molecule has 6 heteroatoms. The Kier molecular flexibility index (Phi) is 5.40. The average molecular weight is 351 g/mol. The third kappa shape index (κ3) is 3.95. The van der Waals surface area contributed by atoms with Gasteiger partial charge in [0.1, 0.15) is 5.75 Å². The van der Waals surface area contributed by atoms with Gasteiger partial charge in [-0.3, -0.25) is 4.79 Å². The van der Waals surface area contributed by atoms with Crippen LogP contribution in [0.1, 0.15) is 12.5 Å². The largest absolute Gasteiger partial charge is 0.506 e. The van der Waals surface area contributed by atoms with E-state index in [0.717, 1.165) is 31.9 Å². The predicted octanol–water partition coefficient (Wildman–Crippen LogP) is 0.996.